The lowest BCUT2D eigenvalue weighted by atomic mass is 9.96. The van der Waals surface area contributed by atoms with E-state index in [1.165, 1.54) is 0 Å². The highest BCUT2D eigenvalue weighted by Crippen LogP contribution is 2.41. The minimum atomic E-state index is -1.21. The second kappa shape index (κ2) is 9.28. The van der Waals surface area contributed by atoms with E-state index in [1.807, 2.05) is 34.6 Å². The maximum Gasteiger partial charge on any atom is 0.223 e. The fourth-order valence-corrected chi connectivity index (χ4v) is 5.35. The molecule has 154 valence electrons. The van der Waals surface area contributed by atoms with Gasteiger partial charge in [-0.2, -0.15) is 0 Å². The summed E-state index contributed by atoms with van der Waals surface area (Å²) >= 11 is 4.96. The Kier molecular flexibility index (Phi) is 6.53. The second-order valence-corrected chi connectivity index (χ2v) is 9.11. The molecule has 0 radical (unpaired) electrons. The predicted molar refractivity (Wildman–Crippen MR) is 120 cm³/mol. The van der Waals surface area contributed by atoms with Crippen LogP contribution in [0.1, 0.15) is 47.2 Å². The smallest absolute Gasteiger partial charge is 0.223 e. The number of aryl methyl sites for hydroxylation is 1. The Labute approximate surface area is 179 Å². The van der Waals surface area contributed by atoms with Crippen molar-refractivity contribution >= 4 is 39.9 Å². The molecule has 0 saturated carbocycles. The number of rotatable bonds is 9. The Balaban J connectivity index is 1.21. The minimum absolute atomic E-state index is 0.164. The third kappa shape index (κ3) is 4.65. The molecule has 0 fully saturated rings. The molecular formula is C22H26ClN3O2S. The van der Waals surface area contributed by atoms with E-state index >= 15 is 0 Å². The van der Waals surface area contributed by atoms with Gasteiger partial charge in [0.05, 0.1) is 11.4 Å². The number of benzene rings is 2. The molecule has 2 aromatic rings. The van der Waals surface area contributed by atoms with Gasteiger partial charge in [-0.15, -0.1) is 0 Å². The van der Waals surface area contributed by atoms with Crippen molar-refractivity contribution in [3.05, 3.63) is 58.1 Å². The lowest BCUT2D eigenvalue weighted by Crippen LogP contribution is -2.28. The summed E-state index contributed by atoms with van der Waals surface area (Å²) in [6.07, 6.45) is 5.17. The molecule has 29 heavy (non-hydrogen) atoms. The monoisotopic (exact) mass is 431 g/mol. The maximum atomic E-state index is 12.7. The van der Waals surface area contributed by atoms with Crippen molar-refractivity contribution in [3.8, 4) is 0 Å². The quantitative estimate of drug-likeness (QED) is 0.460. The standard InChI is InChI=1S/C22H26ClN3O2S/c23-19-8-2-1-6-16(19)10-12-24-11-4-3-9-21(27)18-14-17-7-5-13-26-22(17)20(15-18)25-29(26)28/h1-2,6,8,14-15,24-25H,3-5,7,9-13H2. The molecule has 0 bridgehead atoms. The number of nitrogens with one attached hydrogen (secondary N) is 2. The molecular weight excluding hydrogens is 406 g/mol. The Morgan fingerprint density at radius 1 is 1.21 bits per heavy atom. The molecule has 1 atom stereocenters. The van der Waals surface area contributed by atoms with Crippen LogP contribution in [0.5, 0.6) is 0 Å². The predicted octanol–water partition coefficient (Wildman–Crippen LogP) is 4.28. The highest BCUT2D eigenvalue weighted by atomic mass is 35.5. The van der Waals surface area contributed by atoms with Crippen LogP contribution in [0.2, 0.25) is 5.02 Å². The van der Waals surface area contributed by atoms with E-state index < -0.39 is 11.2 Å². The lowest BCUT2D eigenvalue weighted by Gasteiger charge is -2.24. The number of halogens is 1. The van der Waals surface area contributed by atoms with Gasteiger partial charge in [-0.05, 0) is 74.5 Å². The fourth-order valence-electron chi connectivity index (χ4n) is 3.99. The first-order chi connectivity index (χ1) is 14.1. The summed E-state index contributed by atoms with van der Waals surface area (Å²) in [5, 5.41) is 4.24. The molecule has 4 rings (SSSR count). The average Bonchev–Trinajstić information content (AvgIpc) is 3.05. The van der Waals surface area contributed by atoms with Crippen LogP contribution in [0.3, 0.4) is 0 Å². The summed E-state index contributed by atoms with van der Waals surface area (Å²) in [5.41, 5.74) is 4.89. The van der Waals surface area contributed by atoms with Gasteiger partial charge >= 0.3 is 0 Å². The zero-order valence-electron chi connectivity index (χ0n) is 16.4. The molecule has 0 amide bonds. The third-order valence-electron chi connectivity index (χ3n) is 5.50. The number of unbranched alkanes of at least 4 members (excludes halogenated alkanes) is 1. The molecule has 2 N–H and O–H groups in total. The first-order valence-electron chi connectivity index (χ1n) is 10.2. The largest absolute Gasteiger partial charge is 0.316 e. The Morgan fingerprint density at radius 3 is 2.93 bits per heavy atom. The van der Waals surface area contributed by atoms with Crippen molar-refractivity contribution in [2.45, 2.75) is 38.5 Å². The third-order valence-corrected chi connectivity index (χ3v) is 7.03. The van der Waals surface area contributed by atoms with Gasteiger partial charge in [-0.3, -0.25) is 13.8 Å². The number of ketones is 1. The zero-order chi connectivity index (χ0) is 20.2. The summed E-state index contributed by atoms with van der Waals surface area (Å²) in [5.74, 6) is 0.164. The van der Waals surface area contributed by atoms with E-state index in [9.17, 15) is 9.00 Å². The summed E-state index contributed by atoms with van der Waals surface area (Å²) < 4.78 is 17.1. The van der Waals surface area contributed by atoms with Crippen LogP contribution < -0.4 is 14.3 Å². The molecule has 2 aliphatic heterocycles. The van der Waals surface area contributed by atoms with E-state index in [0.717, 1.165) is 84.8 Å². The van der Waals surface area contributed by atoms with Crippen LogP contribution in [0.4, 0.5) is 11.4 Å². The van der Waals surface area contributed by atoms with Gasteiger partial charge in [0.15, 0.2) is 5.78 Å². The summed E-state index contributed by atoms with van der Waals surface area (Å²) in [6, 6.07) is 11.8. The number of hydrogen-bond acceptors (Lipinski definition) is 3. The number of anilines is 2. The van der Waals surface area contributed by atoms with Crippen molar-refractivity contribution in [2.75, 3.05) is 28.7 Å². The van der Waals surface area contributed by atoms with E-state index in [1.54, 1.807) is 0 Å². The number of nitrogens with zero attached hydrogens (tertiary/aromatic N) is 1. The van der Waals surface area contributed by atoms with Crippen molar-refractivity contribution in [1.29, 1.82) is 0 Å². The molecule has 1 unspecified atom stereocenters. The van der Waals surface area contributed by atoms with Crippen LogP contribution in [0, 0.1) is 0 Å². The number of hydrogen-bond donors (Lipinski definition) is 2. The van der Waals surface area contributed by atoms with Crippen LogP contribution in [-0.2, 0) is 24.0 Å². The van der Waals surface area contributed by atoms with Gasteiger partial charge in [-0.25, -0.2) is 4.21 Å². The van der Waals surface area contributed by atoms with Crippen LogP contribution in [0.25, 0.3) is 0 Å². The zero-order valence-corrected chi connectivity index (χ0v) is 18.0. The lowest BCUT2D eigenvalue weighted by molar-refractivity contribution is 0.0979. The first-order valence-corrected chi connectivity index (χ1v) is 11.7. The van der Waals surface area contributed by atoms with Crippen molar-refractivity contribution in [3.63, 3.8) is 0 Å². The highest BCUT2D eigenvalue weighted by Gasteiger charge is 2.32. The molecule has 2 aromatic carbocycles. The highest BCUT2D eigenvalue weighted by molar-refractivity contribution is 7.88. The van der Waals surface area contributed by atoms with Gasteiger partial charge in [0.2, 0.25) is 11.2 Å². The van der Waals surface area contributed by atoms with E-state index in [-0.39, 0.29) is 5.78 Å². The van der Waals surface area contributed by atoms with Crippen molar-refractivity contribution in [1.82, 2.24) is 5.32 Å². The number of carbonyl (C=O) groups excluding carboxylic acids is 1. The summed E-state index contributed by atoms with van der Waals surface area (Å²) in [7, 11) is 0. The number of Topliss-reactive ketones (excluding diaryl/α,β-unsaturated/α-hetero) is 1. The molecule has 2 aliphatic rings. The number of carbonyl (C=O) groups is 1. The van der Waals surface area contributed by atoms with Gasteiger partial charge in [0.25, 0.3) is 0 Å². The Morgan fingerprint density at radius 2 is 2.07 bits per heavy atom. The van der Waals surface area contributed by atoms with Gasteiger partial charge in [0.1, 0.15) is 0 Å². The minimum Gasteiger partial charge on any atom is -0.316 e. The topological polar surface area (TPSA) is 61.4 Å². The van der Waals surface area contributed by atoms with E-state index in [0.29, 0.717) is 6.42 Å². The summed E-state index contributed by atoms with van der Waals surface area (Å²) in [6.45, 7) is 2.57. The van der Waals surface area contributed by atoms with Gasteiger partial charge < -0.3 is 5.32 Å². The second-order valence-electron chi connectivity index (χ2n) is 7.56. The SMILES string of the molecule is O=C(CCCCNCCc1ccccc1Cl)c1cc2c3c(c1)NS(=O)N3CCC2. The normalized spacial score (nSPS) is 17.1. The molecule has 0 aliphatic carbocycles. The Hall–Kier alpha value is -1.89. The van der Waals surface area contributed by atoms with Crippen LogP contribution in [-0.4, -0.2) is 29.6 Å². The molecule has 0 saturated heterocycles. The molecule has 2 heterocycles. The molecule has 0 aromatic heterocycles. The van der Waals surface area contributed by atoms with Gasteiger partial charge in [0, 0.05) is 23.6 Å². The Bertz CT molecular complexity index is 934. The fraction of sp³-hybridized carbons (Fsp3) is 0.409. The molecule has 0 spiro atoms. The first kappa shape index (κ1) is 20.4. The average molecular weight is 432 g/mol. The molecule has 5 nitrogen and oxygen atoms in total. The van der Waals surface area contributed by atoms with Crippen molar-refractivity contribution < 1.29 is 9.00 Å². The summed E-state index contributed by atoms with van der Waals surface area (Å²) in [4.78, 5) is 12.7. The van der Waals surface area contributed by atoms with Gasteiger partial charge in [-0.1, -0.05) is 29.8 Å². The molecule has 7 heteroatoms. The van der Waals surface area contributed by atoms with Crippen LogP contribution in [0.15, 0.2) is 36.4 Å². The van der Waals surface area contributed by atoms with E-state index in [4.69, 9.17) is 11.6 Å². The maximum absolute atomic E-state index is 12.7. The van der Waals surface area contributed by atoms with Crippen LogP contribution >= 0.6 is 11.6 Å². The van der Waals surface area contributed by atoms with E-state index in [2.05, 4.69) is 16.1 Å². The van der Waals surface area contributed by atoms with Crippen molar-refractivity contribution in [2.24, 2.45) is 0 Å².